The van der Waals surface area contributed by atoms with Gasteiger partial charge in [-0.05, 0) is 90.8 Å². The highest BCUT2D eigenvalue weighted by molar-refractivity contribution is 9.10. The zero-order valence-corrected chi connectivity index (χ0v) is 29.6. The van der Waals surface area contributed by atoms with E-state index in [4.69, 9.17) is 20.9 Å². The first-order valence-corrected chi connectivity index (χ1v) is 17.1. The second-order valence-electron chi connectivity index (χ2n) is 12.3. The minimum Gasteiger partial charge on any atom is -0.462 e. The molecule has 10 heteroatoms. The molecule has 0 heterocycles. The van der Waals surface area contributed by atoms with Crippen molar-refractivity contribution in [1.29, 1.82) is 0 Å². The number of hydrogen-bond donors (Lipinski definition) is 4. The van der Waals surface area contributed by atoms with Crippen LogP contribution in [-0.4, -0.2) is 24.1 Å². The number of benzene rings is 5. The van der Waals surface area contributed by atoms with E-state index in [2.05, 4.69) is 33.5 Å². The van der Waals surface area contributed by atoms with E-state index in [9.17, 15) is 14.4 Å². The molecule has 6 N–H and O–H groups in total. The van der Waals surface area contributed by atoms with Gasteiger partial charge in [-0.15, -0.1) is 0 Å². The number of esters is 1. The summed E-state index contributed by atoms with van der Waals surface area (Å²) in [7, 11) is 0. The van der Waals surface area contributed by atoms with Crippen molar-refractivity contribution in [2.75, 3.05) is 28.7 Å². The first-order valence-electron chi connectivity index (χ1n) is 16.4. The van der Waals surface area contributed by atoms with E-state index in [0.29, 0.717) is 39.5 Å². The fourth-order valence-corrected chi connectivity index (χ4v) is 6.21. The van der Waals surface area contributed by atoms with E-state index in [0.717, 1.165) is 36.1 Å². The van der Waals surface area contributed by atoms with Crippen LogP contribution < -0.4 is 26.8 Å². The van der Waals surface area contributed by atoms with Gasteiger partial charge in [0.25, 0.3) is 0 Å². The number of fused-ring (bicyclic) bond motifs is 2. The zero-order chi connectivity index (χ0) is 35.5. The lowest BCUT2D eigenvalue weighted by Crippen LogP contribution is -2.26. The Kier molecular flexibility index (Phi) is 9.92. The molecule has 0 fully saturated rings. The van der Waals surface area contributed by atoms with Gasteiger partial charge in [-0.3, -0.25) is 9.59 Å². The van der Waals surface area contributed by atoms with Gasteiger partial charge in [0, 0.05) is 21.9 Å². The Hall–Kier alpha value is -5.61. The van der Waals surface area contributed by atoms with Crippen LogP contribution in [0.15, 0.2) is 89.4 Å². The van der Waals surface area contributed by atoms with Crippen molar-refractivity contribution in [1.82, 2.24) is 0 Å². The predicted molar refractivity (Wildman–Crippen MR) is 202 cm³/mol. The summed E-state index contributed by atoms with van der Waals surface area (Å²) >= 11 is 3.49. The quantitative estimate of drug-likeness (QED) is 0.0581. The summed E-state index contributed by atoms with van der Waals surface area (Å²) in [6, 6.07) is 25.0. The third kappa shape index (κ3) is 6.93. The second-order valence-corrected chi connectivity index (χ2v) is 13.1. The molecule has 9 nitrogen and oxygen atoms in total. The van der Waals surface area contributed by atoms with Crippen LogP contribution in [0, 0.1) is 13.8 Å². The molecule has 5 aromatic rings. The van der Waals surface area contributed by atoms with Crippen molar-refractivity contribution in [3.63, 3.8) is 0 Å². The number of unbranched alkanes of at least 4 members (excludes halogenated alkanes) is 2. The topological polar surface area (TPSA) is 146 Å². The number of anilines is 6. The molecule has 1 aliphatic carbocycles. The SMILES string of the molecule is CCCCCOC(=O)c1ccc(Oc2cc(Nc3ccc(C)cc3)c3c(c2N)C(=O)c2c(N)c(Br)cc(Nc4ccc(C)cc4)c2C3=O)cc1. The molecule has 0 aromatic heterocycles. The molecular weight excluding hydrogens is 696 g/mol. The molecule has 0 amide bonds. The van der Waals surface area contributed by atoms with Crippen LogP contribution in [0.25, 0.3) is 0 Å². The molecule has 50 heavy (non-hydrogen) atoms. The predicted octanol–water partition coefficient (Wildman–Crippen LogP) is 9.63. The van der Waals surface area contributed by atoms with Gasteiger partial charge in [0.15, 0.2) is 17.3 Å². The van der Waals surface area contributed by atoms with Crippen LogP contribution in [0.5, 0.6) is 11.5 Å². The molecular formula is C40H37BrN4O5. The van der Waals surface area contributed by atoms with E-state index in [1.54, 1.807) is 36.4 Å². The van der Waals surface area contributed by atoms with Crippen molar-refractivity contribution in [2.45, 2.75) is 40.0 Å². The summed E-state index contributed by atoms with van der Waals surface area (Å²) in [5.74, 6) is -0.866. The van der Waals surface area contributed by atoms with Crippen LogP contribution >= 0.6 is 15.9 Å². The first-order chi connectivity index (χ1) is 24.0. The fraction of sp³-hybridized carbons (Fsp3) is 0.175. The molecule has 6 rings (SSSR count). The normalized spacial score (nSPS) is 11.8. The number of nitrogen functional groups attached to an aromatic ring is 2. The maximum Gasteiger partial charge on any atom is 0.338 e. The molecule has 0 saturated carbocycles. The van der Waals surface area contributed by atoms with Gasteiger partial charge >= 0.3 is 5.97 Å². The molecule has 254 valence electrons. The summed E-state index contributed by atoms with van der Waals surface area (Å²) in [5, 5.41) is 6.62. The van der Waals surface area contributed by atoms with Gasteiger partial charge in [-0.2, -0.15) is 0 Å². The highest BCUT2D eigenvalue weighted by Crippen LogP contribution is 2.47. The van der Waals surface area contributed by atoms with Crippen molar-refractivity contribution in [3.8, 4) is 11.5 Å². The Labute approximate surface area is 299 Å². The number of aryl methyl sites for hydroxylation is 2. The average Bonchev–Trinajstić information content (AvgIpc) is 3.10. The molecule has 0 bridgehead atoms. The number of nitrogens with two attached hydrogens (primary N) is 2. The summed E-state index contributed by atoms with van der Waals surface area (Å²) in [6.45, 7) is 6.40. The highest BCUT2D eigenvalue weighted by atomic mass is 79.9. The van der Waals surface area contributed by atoms with Gasteiger partial charge in [-0.1, -0.05) is 55.2 Å². The van der Waals surface area contributed by atoms with Crippen molar-refractivity contribution in [2.24, 2.45) is 0 Å². The smallest absolute Gasteiger partial charge is 0.338 e. The lowest BCUT2D eigenvalue weighted by Gasteiger charge is -2.27. The fourth-order valence-electron chi connectivity index (χ4n) is 5.79. The Balaban J connectivity index is 1.42. The van der Waals surface area contributed by atoms with Crippen LogP contribution in [0.1, 0.15) is 79.5 Å². The number of carbonyl (C=O) groups is 3. The van der Waals surface area contributed by atoms with Crippen LogP contribution in [-0.2, 0) is 4.74 Å². The molecule has 0 spiro atoms. The zero-order valence-electron chi connectivity index (χ0n) is 28.0. The summed E-state index contributed by atoms with van der Waals surface area (Å²) in [6.07, 6.45) is 2.82. The minimum absolute atomic E-state index is 0.0204. The molecule has 1 aliphatic rings. The Morgan fingerprint density at radius 2 is 1.22 bits per heavy atom. The van der Waals surface area contributed by atoms with Crippen LogP contribution in [0.3, 0.4) is 0 Å². The molecule has 5 aromatic carbocycles. The minimum atomic E-state index is -0.517. The number of hydrogen-bond acceptors (Lipinski definition) is 9. The Bertz CT molecular complexity index is 2110. The van der Waals surface area contributed by atoms with Gasteiger partial charge in [0.1, 0.15) is 5.75 Å². The first kappa shape index (κ1) is 34.3. The largest absolute Gasteiger partial charge is 0.462 e. The number of ketones is 2. The van der Waals surface area contributed by atoms with Gasteiger partial charge in [0.05, 0.1) is 57.2 Å². The van der Waals surface area contributed by atoms with E-state index in [1.165, 1.54) is 0 Å². The van der Waals surface area contributed by atoms with Gasteiger partial charge in [-0.25, -0.2) is 4.79 Å². The number of halogens is 1. The molecule has 0 atom stereocenters. The third-order valence-corrected chi connectivity index (χ3v) is 9.17. The molecule has 0 radical (unpaired) electrons. The van der Waals surface area contributed by atoms with Crippen molar-refractivity contribution in [3.05, 3.63) is 128 Å². The number of nitrogens with one attached hydrogen (secondary N) is 2. The van der Waals surface area contributed by atoms with E-state index < -0.39 is 17.5 Å². The van der Waals surface area contributed by atoms with Gasteiger partial charge < -0.3 is 31.6 Å². The lowest BCUT2D eigenvalue weighted by atomic mass is 9.80. The van der Waals surface area contributed by atoms with Crippen LogP contribution in [0.2, 0.25) is 0 Å². The molecule has 0 aliphatic heterocycles. The maximum atomic E-state index is 14.6. The van der Waals surface area contributed by atoms with E-state index in [-0.39, 0.29) is 39.4 Å². The summed E-state index contributed by atoms with van der Waals surface area (Å²) in [5.41, 5.74) is 18.2. The van der Waals surface area contributed by atoms with Crippen molar-refractivity contribution < 1.29 is 23.9 Å². The number of rotatable bonds is 11. The monoisotopic (exact) mass is 732 g/mol. The van der Waals surface area contributed by atoms with Gasteiger partial charge in [0.2, 0.25) is 0 Å². The number of ether oxygens (including phenoxy) is 2. The van der Waals surface area contributed by atoms with Crippen molar-refractivity contribution >= 4 is 67.6 Å². The summed E-state index contributed by atoms with van der Waals surface area (Å²) in [4.78, 5) is 41.7. The number of carbonyl (C=O) groups excluding carboxylic acids is 3. The second kappa shape index (κ2) is 14.5. The average molecular weight is 734 g/mol. The standard InChI is InChI=1S/C40H37BrN4O5/c1-4-5-6-19-49-40(48)24-11-17-27(18-12-24)50-31-21-30(45-26-15-9-23(3)10-16-26)33-35(37(31)43)39(47)34-32(38(33)46)29(20-28(41)36(34)42)44-25-13-7-22(2)8-14-25/h7-18,20-21,44-45H,4-6,19,42-43H2,1-3H3. The highest BCUT2D eigenvalue weighted by Gasteiger charge is 2.39. The summed E-state index contributed by atoms with van der Waals surface area (Å²) < 4.78 is 12.0. The van der Waals surface area contributed by atoms with E-state index in [1.807, 2.05) is 62.4 Å². The van der Waals surface area contributed by atoms with E-state index >= 15 is 0 Å². The molecule has 0 unspecified atom stereocenters. The molecule has 0 saturated heterocycles. The Morgan fingerprint density at radius 3 is 1.78 bits per heavy atom. The Morgan fingerprint density at radius 1 is 0.700 bits per heavy atom. The van der Waals surface area contributed by atoms with Crippen LogP contribution in [0.4, 0.5) is 34.1 Å². The third-order valence-electron chi connectivity index (χ3n) is 8.51. The lowest BCUT2D eigenvalue weighted by molar-refractivity contribution is 0.0498. The maximum absolute atomic E-state index is 14.6.